The standard InChI is InChI=1S/C13H18F3NO/c1-4-17-9(2)11-7-5-6-8-12(11)18-10(3)13(14,15)16/h5-10,17H,4H2,1-3H3. The molecule has 1 N–H and O–H groups in total. The van der Waals surface area contributed by atoms with Gasteiger partial charge in [0.1, 0.15) is 5.75 Å². The summed E-state index contributed by atoms with van der Waals surface area (Å²) in [6.45, 7) is 5.58. The lowest BCUT2D eigenvalue weighted by Crippen LogP contribution is -2.32. The van der Waals surface area contributed by atoms with Crippen LogP contribution in [0.25, 0.3) is 0 Å². The number of rotatable bonds is 5. The predicted octanol–water partition coefficient (Wildman–Crippen LogP) is 3.69. The predicted molar refractivity (Wildman–Crippen MR) is 64.7 cm³/mol. The average Bonchev–Trinajstić information content (AvgIpc) is 2.28. The van der Waals surface area contributed by atoms with Gasteiger partial charge in [0.05, 0.1) is 0 Å². The molecule has 0 saturated heterocycles. The Kier molecular flexibility index (Phi) is 5.02. The van der Waals surface area contributed by atoms with Crippen molar-refractivity contribution in [3.05, 3.63) is 29.8 Å². The fraction of sp³-hybridized carbons (Fsp3) is 0.538. The highest BCUT2D eigenvalue weighted by Crippen LogP contribution is 2.29. The van der Waals surface area contributed by atoms with E-state index in [0.29, 0.717) is 0 Å². The van der Waals surface area contributed by atoms with E-state index >= 15 is 0 Å². The van der Waals surface area contributed by atoms with E-state index in [2.05, 4.69) is 5.32 Å². The third-order valence-corrected chi connectivity index (χ3v) is 2.66. The number of alkyl halides is 3. The first-order valence-electron chi connectivity index (χ1n) is 5.92. The van der Waals surface area contributed by atoms with Gasteiger partial charge in [-0.3, -0.25) is 0 Å². The molecule has 0 radical (unpaired) electrons. The largest absolute Gasteiger partial charge is 0.481 e. The lowest BCUT2D eigenvalue weighted by molar-refractivity contribution is -0.189. The van der Waals surface area contributed by atoms with Gasteiger partial charge >= 0.3 is 6.18 Å². The van der Waals surface area contributed by atoms with Gasteiger partial charge in [0.15, 0.2) is 6.10 Å². The maximum absolute atomic E-state index is 12.5. The fourth-order valence-corrected chi connectivity index (χ4v) is 1.62. The second-order valence-corrected chi connectivity index (χ2v) is 4.12. The van der Waals surface area contributed by atoms with Crippen LogP contribution in [0.5, 0.6) is 5.75 Å². The SMILES string of the molecule is CCNC(C)c1ccccc1OC(C)C(F)(F)F. The molecule has 0 aliphatic rings. The highest BCUT2D eigenvalue weighted by Gasteiger charge is 2.38. The van der Waals surface area contributed by atoms with E-state index in [1.165, 1.54) is 0 Å². The molecule has 0 heterocycles. The van der Waals surface area contributed by atoms with Crippen molar-refractivity contribution >= 4 is 0 Å². The first kappa shape index (κ1) is 14.8. The maximum Gasteiger partial charge on any atom is 0.425 e. The zero-order valence-electron chi connectivity index (χ0n) is 10.7. The van der Waals surface area contributed by atoms with Crippen LogP contribution in [0.15, 0.2) is 24.3 Å². The van der Waals surface area contributed by atoms with Crippen LogP contribution in [0.3, 0.4) is 0 Å². The zero-order chi connectivity index (χ0) is 13.8. The molecule has 0 saturated carbocycles. The highest BCUT2D eigenvalue weighted by atomic mass is 19.4. The van der Waals surface area contributed by atoms with Gasteiger partial charge in [-0.05, 0) is 26.5 Å². The van der Waals surface area contributed by atoms with E-state index < -0.39 is 12.3 Å². The second kappa shape index (κ2) is 6.09. The molecule has 1 aromatic carbocycles. The smallest absolute Gasteiger partial charge is 0.425 e. The van der Waals surface area contributed by atoms with Gasteiger partial charge in [-0.25, -0.2) is 0 Å². The Morgan fingerprint density at radius 2 is 1.83 bits per heavy atom. The first-order chi connectivity index (χ1) is 8.36. The number of hydrogen-bond acceptors (Lipinski definition) is 2. The van der Waals surface area contributed by atoms with Gasteiger partial charge in [0.2, 0.25) is 0 Å². The minimum atomic E-state index is -4.35. The van der Waals surface area contributed by atoms with E-state index in [0.717, 1.165) is 19.0 Å². The van der Waals surface area contributed by atoms with E-state index in [9.17, 15) is 13.2 Å². The number of nitrogens with one attached hydrogen (secondary N) is 1. The van der Waals surface area contributed by atoms with Gasteiger partial charge in [0, 0.05) is 11.6 Å². The van der Waals surface area contributed by atoms with Crippen LogP contribution in [-0.4, -0.2) is 18.8 Å². The third-order valence-electron chi connectivity index (χ3n) is 2.66. The van der Waals surface area contributed by atoms with Crippen LogP contribution in [-0.2, 0) is 0 Å². The summed E-state index contributed by atoms with van der Waals surface area (Å²) in [5.41, 5.74) is 0.732. The van der Waals surface area contributed by atoms with Crippen molar-refractivity contribution in [2.24, 2.45) is 0 Å². The second-order valence-electron chi connectivity index (χ2n) is 4.12. The summed E-state index contributed by atoms with van der Waals surface area (Å²) in [6, 6.07) is 6.73. The maximum atomic E-state index is 12.5. The first-order valence-corrected chi connectivity index (χ1v) is 5.92. The van der Waals surface area contributed by atoms with Crippen LogP contribution in [0.4, 0.5) is 13.2 Å². The molecule has 0 aliphatic heterocycles. The summed E-state index contributed by atoms with van der Waals surface area (Å²) in [5.74, 6) is 0.274. The van der Waals surface area contributed by atoms with Crippen LogP contribution in [0.2, 0.25) is 0 Å². The molecule has 2 unspecified atom stereocenters. The Morgan fingerprint density at radius 3 is 2.39 bits per heavy atom. The zero-order valence-corrected chi connectivity index (χ0v) is 10.7. The molecule has 18 heavy (non-hydrogen) atoms. The van der Waals surface area contributed by atoms with E-state index in [1.54, 1.807) is 24.3 Å². The Morgan fingerprint density at radius 1 is 1.22 bits per heavy atom. The van der Waals surface area contributed by atoms with Crippen LogP contribution >= 0.6 is 0 Å². The van der Waals surface area contributed by atoms with Crippen molar-refractivity contribution in [1.29, 1.82) is 0 Å². The lowest BCUT2D eigenvalue weighted by atomic mass is 10.1. The third kappa shape index (κ3) is 3.91. The normalized spacial score (nSPS) is 15.2. The summed E-state index contributed by atoms with van der Waals surface area (Å²) in [6.07, 6.45) is -6.17. The van der Waals surface area contributed by atoms with Crippen molar-refractivity contribution in [1.82, 2.24) is 5.32 Å². The van der Waals surface area contributed by atoms with Gasteiger partial charge < -0.3 is 10.1 Å². The molecule has 2 atom stereocenters. The van der Waals surface area contributed by atoms with Gasteiger partial charge in [-0.1, -0.05) is 25.1 Å². The van der Waals surface area contributed by atoms with Crippen LogP contribution in [0, 0.1) is 0 Å². The van der Waals surface area contributed by atoms with Crippen molar-refractivity contribution in [3.8, 4) is 5.75 Å². The summed E-state index contributed by atoms with van der Waals surface area (Å²) in [7, 11) is 0. The Labute approximate surface area is 105 Å². The molecule has 0 spiro atoms. The van der Waals surface area contributed by atoms with E-state index in [-0.39, 0.29) is 11.8 Å². The number of halogens is 3. The molecule has 1 rings (SSSR count). The Hall–Kier alpha value is -1.23. The van der Waals surface area contributed by atoms with Crippen LogP contribution in [0.1, 0.15) is 32.4 Å². The molecular weight excluding hydrogens is 243 g/mol. The molecule has 1 aromatic rings. The monoisotopic (exact) mass is 261 g/mol. The van der Waals surface area contributed by atoms with Gasteiger partial charge in [-0.15, -0.1) is 0 Å². The molecule has 0 fully saturated rings. The molecule has 0 bridgehead atoms. The Balaban J connectivity index is 2.89. The quantitative estimate of drug-likeness (QED) is 0.872. The summed E-state index contributed by atoms with van der Waals surface area (Å²) >= 11 is 0. The Bertz CT molecular complexity index is 379. The molecule has 0 aliphatic carbocycles. The van der Waals surface area contributed by atoms with Crippen molar-refractivity contribution in [3.63, 3.8) is 0 Å². The number of benzene rings is 1. The van der Waals surface area contributed by atoms with E-state index in [1.807, 2.05) is 13.8 Å². The number of para-hydroxylation sites is 1. The molecular formula is C13H18F3NO. The van der Waals surface area contributed by atoms with Gasteiger partial charge in [0.25, 0.3) is 0 Å². The highest BCUT2D eigenvalue weighted by molar-refractivity contribution is 5.35. The molecule has 102 valence electrons. The number of hydrogen-bond donors (Lipinski definition) is 1. The minimum absolute atomic E-state index is 0.0494. The average molecular weight is 261 g/mol. The molecule has 0 amide bonds. The molecule has 2 nitrogen and oxygen atoms in total. The van der Waals surface area contributed by atoms with Crippen LogP contribution < -0.4 is 10.1 Å². The lowest BCUT2D eigenvalue weighted by Gasteiger charge is -2.22. The number of ether oxygens (including phenoxy) is 1. The topological polar surface area (TPSA) is 21.3 Å². The molecule has 5 heteroatoms. The minimum Gasteiger partial charge on any atom is -0.481 e. The fourth-order valence-electron chi connectivity index (χ4n) is 1.62. The van der Waals surface area contributed by atoms with E-state index in [4.69, 9.17) is 4.74 Å². The van der Waals surface area contributed by atoms with Gasteiger partial charge in [-0.2, -0.15) is 13.2 Å². The molecule has 0 aromatic heterocycles. The van der Waals surface area contributed by atoms with Crippen molar-refractivity contribution in [2.45, 2.75) is 39.1 Å². The van der Waals surface area contributed by atoms with Crippen molar-refractivity contribution < 1.29 is 17.9 Å². The summed E-state index contributed by atoms with van der Waals surface area (Å²) in [4.78, 5) is 0. The van der Waals surface area contributed by atoms with Crippen molar-refractivity contribution in [2.75, 3.05) is 6.54 Å². The summed E-state index contributed by atoms with van der Waals surface area (Å²) in [5, 5.41) is 3.15. The summed E-state index contributed by atoms with van der Waals surface area (Å²) < 4.78 is 42.4.